The summed E-state index contributed by atoms with van der Waals surface area (Å²) in [7, 11) is 0. The summed E-state index contributed by atoms with van der Waals surface area (Å²) in [6.45, 7) is 10.4. The fourth-order valence-corrected chi connectivity index (χ4v) is 4.38. The van der Waals surface area contributed by atoms with Crippen LogP contribution in [0.3, 0.4) is 0 Å². The monoisotopic (exact) mass is 395 g/mol. The van der Waals surface area contributed by atoms with Crippen molar-refractivity contribution in [1.82, 2.24) is 14.9 Å². The summed E-state index contributed by atoms with van der Waals surface area (Å²) < 4.78 is 20.4. The van der Waals surface area contributed by atoms with Gasteiger partial charge < -0.3 is 15.0 Å². The molecule has 150 valence electrons. The zero-order valence-electron chi connectivity index (χ0n) is 16.4. The maximum Gasteiger partial charge on any atom is 0.221 e. The molecule has 0 saturated carbocycles. The molecular weight excluding hydrogens is 373 g/mol. The number of carbonyl (C=O) groups excluding carboxylic acids is 1. The van der Waals surface area contributed by atoms with E-state index < -0.39 is 5.82 Å². The number of aromatic nitrogens is 2. The van der Waals surface area contributed by atoms with Crippen LogP contribution in [0.25, 0.3) is 4.85 Å². The Bertz CT molecular complexity index is 976. The average Bonchev–Trinajstić information content (AvgIpc) is 2.97. The van der Waals surface area contributed by atoms with E-state index in [9.17, 15) is 9.18 Å². The normalized spacial score (nSPS) is 22.8. The highest BCUT2D eigenvalue weighted by Gasteiger charge is 2.43. The molecule has 2 aromatic rings. The smallest absolute Gasteiger partial charge is 0.221 e. The standard InChI is InChI=1S/C21H22FN5O2/c1-12-20(26-19-7-4-14(23-3)8-18(19)22)24-11-25-21(12)29-17-9-15-5-6-16(10-17)27(15)13(2)28/h4,7-8,11,15-17H,5-6,9-10H2,1-2H3,(H,24,25,26)/t15-,16?,17?/m0/s1. The third-order valence-electron chi connectivity index (χ3n) is 5.70. The van der Waals surface area contributed by atoms with E-state index in [0.717, 1.165) is 25.7 Å². The van der Waals surface area contributed by atoms with Crippen LogP contribution in [0.5, 0.6) is 5.88 Å². The highest BCUT2D eigenvalue weighted by Crippen LogP contribution is 2.38. The number of rotatable bonds is 4. The van der Waals surface area contributed by atoms with E-state index >= 15 is 0 Å². The maximum absolute atomic E-state index is 14.2. The molecule has 2 aliphatic rings. The van der Waals surface area contributed by atoms with Gasteiger partial charge in [0.15, 0.2) is 5.69 Å². The molecule has 0 spiro atoms. The first kappa shape index (κ1) is 19.1. The molecule has 29 heavy (non-hydrogen) atoms. The first-order chi connectivity index (χ1) is 14.0. The molecule has 1 aromatic heterocycles. The van der Waals surface area contributed by atoms with Crippen LogP contribution in [0.1, 0.15) is 38.2 Å². The lowest BCUT2D eigenvalue weighted by molar-refractivity contribution is -0.134. The largest absolute Gasteiger partial charge is 0.474 e. The number of halogens is 1. The van der Waals surface area contributed by atoms with Gasteiger partial charge in [-0.3, -0.25) is 4.79 Å². The molecule has 1 N–H and O–H groups in total. The van der Waals surface area contributed by atoms with Gasteiger partial charge in [0.2, 0.25) is 11.8 Å². The number of piperidine rings is 1. The van der Waals surface area contributed by atoms with Crippen molar-refractivity contribution in [2.75, 3.05) is 5.32 Å². The number of nitrogens with one attached hydrogen (secondary N) is 1. The molecule has 1 amide bonds. The first-order valence-corrected chi connectivity index (χ1v) is 9.67. The van der Waals surface area contributed by atoms with Crippen molar-refractivity contribution >= 4 is 23.1 Å². The van der Waals surface area contributed by atoms with Crippen LogP contribution in [0.2, 0.25) is 0 Å². The molecule has 2 unspecified atom stereocenters. The van der Waals surface area contributed by atoms with Crippen molar-refractivity contribution in [3.05, 3.63) is 47.3 Å². The molecular formula is C21H22FN5O2. The molecule has 2 fully saturated rings. The van der Waals surface area contributed by atoms with Crippen molar-refractivity contribution in [2.45, 2.75) is 57.7 Å². The zero-order valence-corrected chi connectivity index (χ0v) is 16.4. The van der Waals surface area contributed by atoms with Crippen LogP contribution < -0.4 is 10.1 Å². The van der Waals surface area contributed by atoms with Crippen molar-refractivity contribution in [1.29, 1.82) is 0 Å². The quantitative estimate of drug-likeness (QED) is 0.788. The predicted octanol–water partition coefficient (Wildman–Crippen LogP) is 4.14. The Hall–Kier alpha value is -3.21. The Morgan fingerprint density at radius 2 is 2.03 bits per heavy atom. The number of nitrogens with zero attached hydrogens (tertiary/aromatic N) is 4. The Morgan fingerprint density at radius 3 is 2.66 bits per heavy atom. The van der Waals surface area contributed by atoms with E-state index in [0.29, 0.717) is 17.3 Å². The van der Waals surface area contributed by atoms with Gasteiger partial charge >= 0.3 is 0 Å². The van der Waals surface area contributed by atoms with Gasteiger partial charge in [-0.1, -0.05) is 6.07 Å². The zero-order chi connectivity index (χ0) is 20.5. The van der Waals surface area contributed by atoms with E-state index in [2.05, 4.69) is 20.1 Å². The number of anilines is 2. The molecule has 1 aromatic carbocycles. The topological polar surface area (TPSA) is 71.7 Å². The number of amides is 1. The number of ether oxygens (including phenoxy) is 1. The van der Waals surface area contributed by atoms with Crippen LogP contribution in [0.15, 0.2) is 24.5 Å². The number of benzene rings is 1. The highest BCUT2D eigenvalue weighted by atomic mass is 19.1. The molecule has 2 bridgehead atoms. The second kappa shape index (κ2) is 7.66. The third kappa shape index (κ3) is 3.73. The van der Waals surface area contributed by atoms with E-state index in [1.807, 2.05) is 11.8 Å². The molecule has 0 radical (unpaired) electrons. The van der Waals surface area contributed by atoms with Gasteiger partial charge in [-0.25, -0.2) is 19.2 Å². The van der Waals surface area contributed by atoms with Gasteiger partial charge in [0, 0.05) is 31.8 Å². The highest BCUT2D eigenvalue weighted by molar-refractivity contribution is 5.74. The van der Waals surface area contributed by atoms with Gasteiger partial charge in [-0.05, 0) is 31.9 Å². The lowest BCUT2D eigenvalue weighted by Crippen LogP contribution is -2.48. The minimum Gasteiger partial charge on any atom is -0.474 e. The Balaban J connectivity index is 1.49. The fraction of sp³-hybridized carbons (Fsp3) is 0.429. The molecule has 7 nitrogen and oxygen atoms in total. The summed E-state index contributed by atoms with van der Waals surface area (Å²) in [5, 5.41) is 2.96. The van der Waals surface area contributed by atoms with Gasteiger partial charge in [0.05, 0.1) is 17.8 Å². The molecule has 2 saturated heterocycles. The lowest BCUT2D eigenvalue weighted by atomic mass is 9.99. The number of hydrogen-bond donors (Lipinski definition) is 1. The van der Waals surface area contributed by atoms with Gasteiger partial charge in [0.1, 0.15) is 24.1 Å². The SMILES string of the molecule is [C-]#[N+]c1ccc(Nc2ncnc(OC3CC4CC[C@@H](C3)N4C(C)=O)c2C)c(F)c1. The number of carbonyl (C=O) groups is 1. The van der Waals surface area contributed by atoms with Gasteiger partial charge in [-0.2, -0.15) is 0 Å². The summed E-state index contributed by atoms with van der Waals surface area (Å²) in [5.41, 5.74) is 1.16. The fourth-order valence-electron chi connectivity index (χ4n) is 4.38. The van der Waals surface area contributed by atoms with Crippen molar-refractivity contribution in [3.8, 4) is 5.88 Å². The Morgan fingerprint density at radius 1 is 1.31 bits per heavy atom. The molecule has 0 aliphatic carbocycles. The van der Waals surface area contributed by atoms with Crippen LogP contribution in [0, 0.1) is 19.3 Å². The summed E-state index contributed by atoms with van der Waals surface area (Å²) in [4.78, 5) is 25.6. The van der Waals surface area contributed by atoms with E-state index in [4.69, 9.17) is 11.3 Å². The summed E-state index contributed by atoms with van der Waals surface area (Å²) in [6, 6.07) is 4.70. The van der Waals surface area contributed by atoms with Crippen LogP contribution in [0.4, 0.5) is 21.6 Å². The van der Waals surface area contributed by atoms with Crippen LogP contribution >= 0.6 is 0 Å². The lowest BCUT2D eigenvalue weighted by Gasteiger charge is -2.38. The minimum absolute atomic E-state index is 0.0146. The number of hydrogen-bond acceptors (Lipinski definition) is 5. The van der Waals surface area contributed by atoms with Gasteiger partial charge in [-0.15, -0.1) is 0 Å². The van der Waals surface area contributed by atoms with E-state index in [1.165, 1.54) is 18.5 Å². The van der Waals surface area contributed by atoms with Crippen molar-refractivity contribution in [2.24, 2.45) is 0 Å². The minimum atomic E-state index is -0.521. The van der Waals surface area contributed by atoms with Gasteiger partial charge in [0.25, 0.3) is 0 Å². The number of fused-ring (bicyclic) bond motifs is 2. The molecule has 3 heterocycles. The first-order valence-electron chi connectivity index (χ1n) is 9.67. The summed E-state index contributed by atoms with van der Waals surface area (Å²) in [6.07, 6.45) is 4.97. The third-order valence-corrected chi connectivity index (χ3v) is 5.70. The second-order valence-corrected chi connectivity index (χ2v) is 7.58. The van der Waals surface area contributed by atoms with Crippen molar-refractivity contribution < 1.29 is 13.9 Å². The van der Waals surface area contributed by atoms with E-state index in [-0.39, 0.29) is 35.5 Å². The second-order valence-electron chi connectivity index (χ2n) is 7.58. The molecule has 3 atom stereocenters. The Kier molecular flexibility index (Phi) is 5.05. The van der Waals surface area contributed by atoms with E-state index in [1.54, 1.807) is 13.0 Å². The Labute approximate surface area is 168 Å². The maximum atomic E-state index is 14.2. The summed E-state index contributed by atoms with van der Waals surface area (Å²) >= 11 is 0. The summed E-state index contributed by atoms with van der Waals surface area (Å²) in [5.74, 6) is 0.522. The van der Waals surface area contributed by atoms with Crippen molar-refractivity contribution in [3.63, 3.8) is 0 Å². The molecule has 2 aliphatic heterocycles. The molecule has 4 rings (SSSR count). The molecule has 8 heteroatoms. The predicted molar refractivity (Wildman–Crippen MR) is 106 cm³/mol. The van der Waals surface area contributed by atoms with Crippen LogP contribution in [-0.4, -0.2) is 39.0 Å². The average molecular weight is 395 g/mol. The van der Waals surface area contributed by atoms with Crippen LogP contribution in [-0.2, 0) is 4.79 Å².